The number of halogens is 1. The van der Waals surface area contributed by atoms with Crippen molar-refractivity contribution in [3.63, 3.8) is 0 Å². The van der Waals surface area contributed by atoms with Gasteiger partial charge in [0.25, 0.3) is 0 Å². The lowest BCUT2D eigenvalue weighted by Crippen LogP contribution is -2.18. The number of rotatable bonds is 4. The molecular formula is C16H24ClN. The molecule has 2 unspecified atom stereocenters. The fourth-order valence-corrected chi connectivity index (χ4v) is 3.13. The van der Waals surface area contributed by atoms with Crippen molar-refractivity contribution in [2.75, 3.05) is 5.32 Å². The first-order valence-corrected chi connectivity index (χ1v) is 7.68. The molecule has 0 aromatic heterocycles. The molecule has 1 aliphatic rings. The Morgan fingerprint density at radius 1 is 1.11 bits per heavy atom. The maximum Gasteiger partial charge on any atom is 0.0407 e. The summed E-state index contributed by atoms with van der Waals surface area (Å²) in [6.45, 7) is 2.30. The summed E-state index contributed by atoms with van der Waals surface area (Å²) in [6.07, 6.45) is 9.55. The van der Waals surface area contributed by atoms with Crippen molar-refractivity contribution in [1.29, 1.82) is 0 Å². The topological polar surface area (TPSA) is 12.0 Å². The molecule has 0 amide bonds. The summed E-state index contributed by atoms with van der Waals surface area (Å²) in [4.78, 5) is 0. The molecule has 1 aromatic carbocycles. The van der Waals surface area contributed by atoms with Crippen LogP contribution in [0.5, 0.6) is 0 Å². The summed E-state index contributed by atoms with van der Waals surface area (Å²) in [5, 5.41) is 4.46. The minimum atomic E-state index is 0.646. The van der Waals surface area contributed by atoms with Crippen molar-refractivity contribution in [3.05, 3.63) is 29.3 Å². The predicted molar refractivity (Wildman–Crippen MR) is 80.3 cm³/mol. The van der Waals surface area contributed by atoms with Crippen LogP contribution in [0.15, 0.2) is 24.3 Å². The molecule has 18 heavy (non-hydrogen) atoms. The number of anilines is 1. The quantitative estimate of drug-likeness (QED) is 0.709. The number of benzene rings is 1. The molecule has 0 saturated heterocycles. The van der Waals surface area contributed by atoms with E-state index >= 15 is 0 Å². The van der Waals surface area contributed by atoms with Crippen molar-refractivity contribution >= 4 is 17.3 Å². The summed E-state index contributed by atoms with van der Waals surface area (Å²) >= 11 is 5.91. The van der Waals surface area contributed by atoms with Crippen LogP contribution in [0, 0.1) is 5.92 Å². The van der Waals surface area contributed by atoms with E-state index in [1.165, 1.54) is 50.6 Å². The second-order valence-corrected chi connectivity index (χ2v) is 5.95. The van der Waals surface area contributed by atoms with Gasteiger partial charge in [0.15, 0.2) is 0 Å². The molecule has 100 valence electrons. The summed E-state index contributed by atoms with van der Waals surface area (Å²) in [5.74, 6) is 0.965. The Bertz CT molecular complexity index is 347. The van der Waals surface area contributed by atoms with Crippen LogP contribution in [0.1, 0.15) is 51.9 Å². The van der Waals surface area contributed by atoms with E-state index in [9.17, 15) is 0 Å². The van der Waals surface area contributed by atoms with Crippen molar-refractivity contribution < 1.29 is 0 Å². The van der Waals surface area contributed by atoms with Gasteiger partial charge in [-0.25, -0.2) is 0 Å². The lowest BCUT2D eigenvalue weighted by Gasteiger charge is -2.18. The predicted octanol–water partition coefficient (Wildman–Crippen LogP) is 5.50. The second-order valence-electron chi connectivity index (χ2n) is 5.51. The highest BCUT2D eigenvalue weighted by atomic mass is 35.5. The van der Waals surface area contributed by atoms with Gasteiger partial charge >= 0.3 is 0 Å². The molecule has 1 aliphatic carbocycles. The maximum absolute atomic E-state index is 5.91. The van der Waals surface area contributed by atoms with E-state index in [-0.39, 0.29) is 0 Å². The first-order valence-electron chi connectivity index (χ1n) is 7.30. The molecule has 2 atom stereocenters. The summed E-state index contributed by atoms with van der Waals surface area (Å²) < 4.78 is 0. The van der Waals surface area contributed by atoms with Crippen LogP contribution in [0.25, 0.3) is 0 Å². The Labute approximate surface area is 116 Å². The molecule has 1 nitrogen and oxygen atoms in total. The van der Waals surface area contributed by atoms with Gasteiger partial charge in [0.1, 0.15) is 0 Å². The molecular weight excluding hydrogens is 242 g/mol. The zero-order valence-electron chi connectivity index (χ0n) is 11.3. The van der Waals surface area contributed by atoms with Gasteiger partial charge in [-0.15, -0.1) is 0 Å². The van der Waals surface area contributed by atoms with E-state index in [1.54, 1.807) is 0 Å². The molecule has 0 spiro atoms. The molecule has 0 heterocycles. The minimum Gasteiger partial charge on any atom is -0.382 e. The van der Waals surface area contributed by atoms with Crippen LogP contribution in [-0.4, -0.2) is 6.04 Å². The third kappa shape index (κ3) is 4.20. The van der Waals surface area contributed by atoms with Crippen LogP contribution < -0.4 is 5.32 Å². The van der Waals surface area contributed by atoms with Gasteiger partial charge < -0.3 is 5.32 Å². The molecule has 2 rings (SSSR count). The number of hydrogen-bond acceptors (Lipinski definition) is 1. The van der Waals surface area contributed by atoms with Crippen LogP contribution in [0.4, 0.5) is 5.69 Å². The fraction of sp³-hybridized carbons (Fsp3) is 0.625. The zero-order valence-corrected chi connectivity index (χ0v) is 12.0. The van der Waals surface area contributed by atoms with Gasteiger partial charge in [0.05, 0.1) is 0 Å². The van der Waals surface area contributed by atoms with Gasteiger partial charge in [-0.3, -0.25) is 0 Å². The molecule has 0 radical (unpaired) electrons. The third-order valence-corrected chi connectivity index (χ3v) is 4.25. The largest absolute Gasteiger partial charge is 0.382 e. The molecule has 0 bridgehead atoms. The van der Waals surface area contributed by atoms with Crippen LogP contribution in [0.3, 0.4) is 0 Å². The Morgan fingerprint density at radius 2 is 1.89 bits per heavy atom. The number of hydrogen-bond donors (Lipinski definition) is 1. The Kier molecular flexibility index (Phi) is 5.37. The van der Waals surface area contributed by atoms with E-state index in [0.717, 1.165) is 10.9 Å². The van der Waals surface area contributed by atoms with E-state index in [1.807, 2.05) is 12.1 Å². The van der Waals surface area contributed by atoms with E-state index in [4.69, 9.17) is 11.6 Å². The molecule has 1 fully saturated rings. The van der Waals surface area contributed by atoms with Crippen molar-refractivity contribution in [2.45, 2.75) is 57.9 Å². The molecule has 1 saturated carbocycles. The molecule has 1 aromatic rings. The van der Waals surface area contributed by atoms with E-state index in [2.05, 4.69) is 24.4 Å². The average molecular weight is 266 g/mol. The SMILES string of the molecule is CCCC1CCCC(Nc2ccc(Cl)cc2)CC1. The molecule has 1 N–H and O–H groups in total. The van der Waals surface area contributed by atoms with Gasteiger partial charge in [-0.1, -0.05) is 44.2 Å². The van der Waals surface area contributed by atoms with Crippen molar-refractivity contribution in [2.24, 2.45) is 5.92 Å². The van der Waals surface area contributed by atoms with Crippen LogP contribution >= 0.6 is 11.6 Å². The first kappa shape index (κ1) is 13.7. The Balaban J connectivity index is 1.84. The van der Waals surface area contributed by atoms with Crippen LogP contribution in [-0.2, 0) is 0 Å². The monoisotopic (exact) mass is 265 g/mol. The number of nitrogens with one attached hydrogen (secondary N) is 1. The minimum absolute atomic E-state index is 0.646. The van der Waals surface area contributed by atoms with E-state index < -0.39 is 0 Å². The standard InChI is InChI=1S/C16H24ClN/c1-2-4-13-5-3-6-15(10-7-13)18-16-11-8-14(17)9-12-16/h8-9,11-13,15,18H,2-7,10H2,1H3. The van der Waals surface area contributed by atoms with Gasteiger partial charge in [0, 0.05) is 16.8 Å². The molecule has 0 aliphatic heterocycles. The first-order chi connectivity index (χ1) is 8.78. The van der Waals surface area contributed by atoms with E-state index in [0.29, 0.717) is 6.04 Å². The lowest BCUT2D eigenvalue weighted by atomic mass is 9.95. The second kappa shape index (κ2) is 7.04. The Morgan fingerprint density at radius 3 is 2.61 bits per heavy atom. The summed E-state index contributed by atoms with van der Waals surface area (Å²) in [7, 11) is 0. The average Bonchev–Trinajstić information content (AvgIpc) is 2.59. The zero-order chi connectivity index (χ0) is 12.8. The highest BCUT2D eigenvalue weighted by Crippen LogP contribution is 2.28. The van der Waals surface area contributed by atoms with Crippen molar-refractivity contribution in [3.8, 4) is 0 Å². The fourth-order valence-electron chi connectivity index (χ4n) is 3.00. The maximum atomic E-state index is 5.91. The highest BCUT2D eigenvalue weighted by molar-refractivity contribution is 6.30. The normalized spacial score (nSPS) is 24.6. The third-order valence-electron chi connectivity index (χ3n) is 4.00. The lowest BCUT2D eigenvalue weighted by molar-refractivity contribution is 0.422. The molecule has 2 heteroatoms. The highest BCUT2D eigenvalue weighted by Gasteiger charge is 2.18. The Hall–Kier alpha value is -0.690. The van der Waals surface area contributed by atoms with Gasteiger partial charge in [-0.2, -0.15) is 0 Å². The summed E-state index contributed by atoms with van der Waals surface area (Å²) in [5.41, 5.74) is 1.21. The van der Waals surface area contributed by atoms with Gasteiger partial charge in [-0.05, 0) is 49.4 Å². The smallest absolute Gasteiger partial charge is 0.0407 e. The van der Waals surface area contributed by atoms with Crippen molar-refractivity contribution in [1.82, 2.24) is 0 Å². The van der Waals surface area contributed by atoms with Crippen LogP contribution in [0.2, 0.25) is 5.02 Å². The summed E-state index contributed by atoms with van der Waals surface area (Å²) in [6, 6.07) is 8.72. The van der Waals surface area contributed by atoms with Gasteiger partial charge in [0.2, 0.25) is 0 Å².